The highest BCUT2D eigenvalue weighted by Gasteiger charge is 2.35. The minimum atomic E-state index is -0.476. The van der Waals surface area contributed by atoms with Gasteiger partial charge < -0.3 is 14.4 Å². The molecule has 20 heavy (non-hydrogen) atoms. The number of amides is 1. The summed E-state index contributed by atoms with van der Waals surface area (Å²) in [6.45, 7) is 6.69. The first-order valence-corrected chi connectivity index (χ1v) is 6.68. The summed E-state index contributed by atoms with van der Waals surface area (Å²) < 4.78 is 11.0. The van der Waals surface area contributed by atoms with Crippen LogP contribution in [0.15, 0.2) is 18.5 Å². The van der Waals surface area contributed by atoms with E-state index in [0.717, 1.165) is 6.42 Å². The van der Waals surface area contributed by atoms with Gasteiger partial charge in [0.05, 0.1) is 12.2 Å². The fraction of sp³-hybridized carbons (Fsp3) is 0.571. The number of ether oxygens (including phenoxy) is 2. The Kier molecular flexibility index (Phi) is 4.21. The van der Waals surface area contributed by atoms with Gasteiger partial charge in [0.2, 0.25) is 0 Å². The Bertz CT molecular complexity index is 488. The van der Waals surface area contributed by atoms with E-state index in [1.165, 1.54) is 0 Å². The van der Waals surface area contributed by atoms with Gasteiger partial charge in [-0.3, -0.25) is 4.98 Å². The van der Waals surface area contributed by atoms with Crippen LogP contribution < -0.4 is 10.2 Å². The lowest BCUT2D eigenvalue weighted by Crippen LogP contribution is -2.55. The van der Waals surface area contributed by atoms with Gasteiger partial charge in [0, 0.05) is 12.7 Å². The number of carbonyl (C=O) groups is 1. The second-order valence-electron chi connectivity index (χ2n) is 5.88. The topological polar surface area (TPSA) is 51.7 Å². The number of hydrogen-bond acceptors (Lipinski definition) is 4. The molecule has 0 saturated carbocycles. The van der Waals surface area contributed by atoms with E-state index >= 15 is 0 Å². The maximum Gasteiger partial charge on any atom is 0.410 e. The molecule has 2 heterocycles. The van der Waals surface area contributed by atoms with Crippen molar-refractivity contribution in [3.8, 4) is 5.75 Å². The summed E-state index contributed by atoms with van der Waals surface area (Å²) in [5.74, 6) is 0.612. The van der Waals surface area contributed by atoms with E-state index in [1.54, 1.807) is 23.4 Å². The molecule has 1 aliphatic heterocycles. The lowest BCUT2D eigenvalue weighted by molar-refractivity contribution is -0.0141. The molecule has 1 aromatic heterocycles. The van der Waals surface area contributed by atoms with Gasteiger partial charge in [-0.1, -0.05) is 5.46 Å². The van der Waals surface area contributed by atoms with Crippen LogP contribution in [0.5, 0.6) is 5.75 Å². The molecule has 2 radical (unpaired) electrons. The third kappa shape index (κ3) is 3.89. The molecule has 1 atom stereocenters. The van der Waals surface area contributed by atoms with Gasteiger partial charge in [0.15, 0.2) is 0 Å². The summed E-state index contributed by atoms with van der Waals surface area (Å²) in [5, 5.41) is 0. The van der Waals surface area contributed by atoms with Crippen LogP contribution in [0.1, 0.15) is 27.2 Å². The SMILES string of the molecule is [B]c1cncc(OC[C@@H]2CCN2C(=O)OC(C)(C)C)c1. The van der Waals surface area contributed by atoms with Gasteiger partial charge in [0.1, 0.15) is 25.8 Å². The number of pyridine rings is 1. The summed E-state index contributed by atoms with van der Waals surface area (Å²) in [5.41, 5.74) is 0.0793. The molecular weight excluding hydrogens is 255 g/mol. The first-order chi connectivity index (χ1) is 9.35. The van der Waals surface area contributed by atoms with Crippen molar-refractivity contribution in [2.45, 2.75) is 38.8 Å². The van der Waals surface area contributed by atoms with Crippen molar-refractivity contribution in [3.63, 3.8) is 0 Å². The molecule has 0 N–H and O–H groups in total. The van der Waals surface area contributed by atoms with Crippen molar-refractivity contribution >= 4 is 19.4 Å². The molecule has 0 bridgehead atoms. The Morgan fingerprint density at radius 3 is 2.80 bits per heavy atom. The van der Waals surface area contributed by atoms with Gasteiger partial charge in [-0.15, -0.1) is 0 Å². The Labute approximate surface area is 120 Å². The highest BCUT2D eigenvalue weighted by Crippen LogP contribution is 2.22. The summed E-state index contributed by atoms with van der Waals surface area (Å²) in [4.78, 5) is 17.6. The monoisotopic (exact) mass is 274 g/mol. The molecule has 1 amide bonds. The van der Waals surface area contributed by atoms with Crippen molar-refractivity contribution in [2.24, 2.45) is 0 Å². The largest absolute Gasteiger partial charge is 0.490 e. The average Bonchev–Trinajstić information content (AvgIpc) is 2.24. The Balaban J connectivity index is 1.84. The molecule has 5 nitrogen and oxygen atoms in total. The summed E-state index contributed by atoms with van der Waals surface area (Å²) in [6.07, 6.45) is 3.79. The molecule has 0 unspecified atom stereocenters. The highest BCUT2D eigenvalue weighted by atomic mass is 16.6. The average molecular weight is 274 g/mol. The van der Waals surface area contributed by atoms with Gasteiger partial charge >= 0.3 is 6.09 Å². The van der Waals surface area contributed by atoms with Gasteiger partial charge in [0.25, 0.3) is 0 Å². The lowest BCUT2D eigenvalue weighted by Gasteiger charge is -2.40. The summed E-state index contributed by atoms with van der Waals surface area (Å²) >= 11 is 0. The second-order valence-corrected chi connectivity index (χ2v) is 5.88. The van der Waals surface area contributed by atoms with Crippen molar-refractivity contribution in [1.82, 2.24) is 9.88 Å². The van der Waals surface area contributed by atoms with Crippen LogP contribution in [-0.2, 0) is 4.74 Å². The molecule has 106 valence electrons. The first kappa shape index (κ1) is 14.7. The number of rotatable bonds is 3. The van der Waals surface area contributed by atoms with Crippen molar-refractivity contribution in [3.05, 3.63) is 18.5 Å². The minimum Gasteiger partial charge on any atom is -0.490 e. The van der Waals surface area contributed by atoms with E-state index in [2.05, 4.69) is 4.98 Å². The number of hydrogen-bond donors (Lipinski definition) is 0. The number of likely N-dealkylation sites (tertiary alicyclic amines) is 1. The van der Waals surface area contributed by atoms with E-state index in [-0.39, 0.29) is 12.1 Å². The van der Waals surface area contributed by atoms with Gasteiger partial charge in [-0.25, -0.2) is 4.79 Å². The fourth-order valence-electron chi connectivity index (χ4n) is 1.88. The maximum absolute atomic E-state index is 11.9. The normalized spacial score (nSPS) is 18.4. The van der Waals surface area contributed by atoms with Crippen LogP contribution in [0.3, 0.4) is 0 Å². The van der Waals surface area contributed by atoms with Gasteiger partial charge in [-0.05, 0) is 33.3 Å². The molecule has 1 aliphatic rings. The number of carbonyl (C=O) groups excluding carboxylic acids is 1. The Hall–Kier alpha value is -1.72. The summed E-state index contributed by atoms with van der Waals surface area (Å²) in [6, 6.07) is 1.76. The zero-order valence-electron chi connectivity index (χ0n) is 12.1. The molecule has 1 aromatic rings. The van der Waals surface area contributed by atoms with E-state index in [4.69, 9.17) is 17.3 Å². The summed E-state index contributed by atoms with van der Waals surface area (Å²) in [7, 11) is 5.63. The molecule has 0 spiro atoms. The van der Waals surface area contributed by atoms with Crippen LogP contribution in [0, 0.1) is 0 Å². The van der Waals surface area contributed by atoms with Crippen LogP contribution in [0.25, 0.3) is 0 Å². The highest BCUT2D eigenvalue weighted by molar-refractivity contribution is 6.32. The van der Waals surface area contributed by atoms with Crippen LogP contribution in [0.4, 0.5) is 4.79 Å². The van der Waals surface area contributed by atoms with Crippen molar-refractivity contribution in [1.29, 1.82) is 0 Å². The smallest absolute Gasteiger partial charge is 0.410 e. The number of aromatic nitrogens is 1. The van der Waals surface area contributed by atoms with E-state index < -0.39 is 5.60 Å². The zero-order valence-corrected chi connectivity index (χ0v) is 12.1. The van der Waals surface area contributed by atoms with Crippen LogP contribution in [-0.4, -0.2) is 48.6 Å². The Morgan fingerprint density at radius 1 is 1.50 bits per heavy atom. The quantitative estimate of drug-likeness (QED) is 0.779. The molecule has 1 saturated heterocycles. The predicted octanol–water partition coefficient (Wildman–Crippen LogP) is 1.26. The third-order valence-electron chi connectivity index (χ3n) is 2.95. The number of nitrogens with zero attached hydrogens (tertiary/aromatic N) is 2. The molecule has 0 aromatic carbocycles. The fourth-order valence-corrected chi connectivity index (χ4v) is 1.88. The Morgan fingerprint density at radius 2 is 2.25 bits per heavy atom. The molecule has 0 aliphatic carbocycles. The van der Waals surface area contributed by atoms with E-state index in [0.29, 0.717) is 24.4 Å². The predicted molar refractivity (Wildman–Crippen MR) is 76.5 cm³/mol. The standard InChI is InChI=1S/C14H19BN2O3/c1-14(2,3)20-13(18)17-5-4-11(17)9-19-12-6-10(15)7-16-8-12/h6-8,11H,4-5,9H2,1-3H3/t11-/m0/s1. The molecule has 1 fully saturated rings. The first-order valence-electron chi connectivity index (χ1n) is 6.68. The minimum absolute atomic E-state index is 0.0475. The molecular formula is C14H19BN2O3. The van der Waals surface area contributed by atoms with Gasteiger partial charge in [-0.2, -0.15) is 0 Å². The second kappa shape index (κ2) is 5.73. The maximum atomic E-state index is 11.9. The van der Waals surface area contributed by atoms with E-state index in [1.807, 2.05) is 20.8 Å². The molecule has 2 rings (SSSR count). The van der Waals surface area contributed by atoms with Crippen molar-refractivity contribution < 1.29 is 14.3 Å². The van der Waals surface area contributed by atoms with E-state index in [9.17, 15) is 4.79 Å². The third-order valence-corrected chi connectivity index (χ3v) is 2.95. The van der Waals surface area contributed by atoms with Crippen LogP contribution >= 0.6 is 0 Å². The molecule has 6 heteroatoms. The van der Waals surface area contributed by atoms with Crippen molar-refractivity contribution in [2.75, 3.05) is 13.2 Å². The lowest BCUT2D eigenvalue weighted by atomic mass is 9.99. The van der Waals surface area contributed by atoms with Crippen LogP contribution in [0.2, 0.25) is 0 Å². The zero-order chi connectivity index (χ0) is 14.8.